The molecule has 0 unspecified atom stereocenters. The minimum Gasteiger partial charge on any atom is -0.366 e. The van der Waals surface area contributed by atoms with E-state index in [2.05, 4.69) is 15.3 Å². The topological polar surface area (TPSA) is 58.1 Å². The molecule has 0 aromatic carbocycles. The van der Waals surface area contributed by atoms with Gasteiger partial charge in [-0.15, -0.1) is 0 Å². The molecule has 3 rings (SSSR count). The Morgan fingerprint density at radius 2 is 1.64 bits per heavy atom. The summed E-state index contributed by atoms with van der Waals surface area (Å²) in [7, 11) is 0. The first-order chi connectivity index (χ1) is 10.8. The van der Waals surface area contributed by atoms with Gasteiger partial charge in [-0.05, 0) is 25.7 Å². The lowest BCUT2D eigenvalue weighted by molar-refractivity contribution is 0.0755. The van der Waals surface area contributed by atoms with E-state index in [1.165, 1.54) is 44.9 Å². The van der Waals surface area contributed by atoms with Crippen LogP contribution in [-0.4, -0.2) is 39.9 Å². The summed E-state index contributed by atoms with van der Waals surface area (Å²) in [5, 5.41) is 3.44. The molecule has 0 bridgehead atoms. The summed E-state index contributed by atoms with van der Waals surface area (Å²) in [5.74, 6) is 0.818. The van der Waals surface area contributed by atoms with Crippen LogP contribution in [0.1, 0.15) is 68.3 Å². The van der Waals surface area contributed by atoms with Gasteiger partial charge < -0.3 is 10.2 Å². The molecular weight excluding hydrogens is 276 g/mol. The van der Waals surface area contributed by atoms with Gasteiger partial charge in [-0.1, -0.05) is 32.1 Å². The second-order valence-electron chi connectivity index (χ2n) is 6.47. The molecule has 2 fully saturated rings. The molecule has 120 valence electrons. The molecule has 1 aromatic rings. The van der Waals surface area contributed by atoms with Crippen molar-refractivity contribution < 1.29 is 4.79 Å². The minimum atomic E-state index is 0.0265. The van der Waals surface area contributed by atoms with Crippen molar-refractivity contribution in [2.75, 3.05) is 18.4 Å². The predicted octanol–water partition coefficient (Wildman–Crippen LogP) is 3.24. The van der Waals surface area contributed by atoms with E-state index >= 15 is 0 Å². The van der Waals surface area contributed by atoms with Crippen LogP contribution in [0.2, 0.25) is 0 Å². The van der Waals surface area contributed by atoms with Crippen molar-refractivity contribution in [3.63, 3.8) is 0 Å². The number of hydrogen-bond donors (Lipinski definition) is 1. The maximum absolute atomic E-state index is 12.5. The first-order valence-electron chi connectivity index (χ1n) is 8.71. The number of anilines is 1. The average molecular weight is 302 g/mol. The van der Waals surface area contributed by atoms with Gasteiger partial charge in [0.05, 0.1) is 12.4 Å². The zero-order valence-electron chi connectivity index (χ0n) is 13.3. The lowest BCUT2D eigenvalue weighted by atomic mass is 9.96. The molecule has 1 N–H and O–H groups in total. The highest BCUT2D eigenvalue weighted by Crippen LogP contribution is 2.20. The van der Waals surface area contributed by atoms with Crippen LogP contribution in [0.25, 0.3) is 0 Å². The zero-order chi connectivity index (χ0) is 15.2. The standard InChI is InChI=1S/C17H26N4O/c22-17(21-10-6-1-2-7-11-21)15-12-19-16(13-18-15)20-14-8-4-3-5-9-14/h12-14H,1-11H2,(H,19,20). The van der Waals surface area contributed by atoms with Crippen LogP contribution >= 0.6 is 0 Å². The molecule has 5 nitrogen and oxygen atoms in total. The number of carbonyl (C=O) groups excluding carboxylic acids is 1. The number of rotatable bonds is 3. The molecule has 1 aliphatic carbocycles. The second kappa shape index (κ2) is 7.56. The summed E-state index contributed by atoms with van der Waals surface area (Å²) in [6, 6.07) is 0.509. The third-order valence-corrected chi connectivity index (χ3v) is 4.72. The summed E-state index contributed by atoms with van der Waals surface area (Å²) in [6.45, 7) is 1.70. The van der Waals surface area contributed by atoms with E-state index in [1.54, 1.807) is 12.4 Å². The number of hydrogen-bond acceptors (Lipinski definition) is 4. The monoisotopic (exact) mass is 302 g/mol. The molecule has 2 aliphatic rings. The summed E-state index contributed by atoms with van der Waals surface area (Å²) < 4.78 is 0. The molecule has 0 spiro atoms. The molecule has 1 amide bonds. The largest absolute Gasteiger partial charge is 0.366 e. The predicted molar refractivity (Wildman–Crippen MR) is 86.9 cm³/mol. The van der Waals surface area contributed by atoms with Gasteiger partial charge in [0.1, 0.15) is 11.5 Å². The number of amides is 1. The van der Waals surface area contributed by atoms with Gasteiger partial charge in [-0.2, -0.15) is 0 Å². The summed E-state index contributed by atoms with van der Waals surface area (Å²) in [5.41, 5.74) is 0.469. The fraction of sp³-hybridized carbons (Fsp3) is 0.706. The van der Waals surface area contributed by atoms with Gasteiger partial charge in [0.25, 0.3) is 5.91 Å². The normalized spacial score (nSPS) is 20.5. The highest BCUT2D eigenvalue weighted by Gasteiger charge is 2.19. The van der Waals surface area contributed by atoms with E-state index in [-0.39, 0.29) is 5.91 Å². The maximum Gasteiger partial charge on any atom is 0.274 e. The number of carbonyl (C=O) groups is 1. The lowest BCUT2D eigenvalue weighted by Crippen LogP contribution is -2.32. The van der Waals surface area contributed by atoms with E-state index in [0.29, 0.717) is 11.7 Å². The third-order valence-electron chi connectivity index (χ3n) is 4.72. The molecule has 0 radical (unpaired) electrons. The highest BCUT2D eigenvalue weighted by molar-refractivity contribution is 5.92. The first-order valence-corrected chi connectivity index (χ1v) is 8.71. The molecule has 1 aromatic heterocycles. The third kappa shape index (κ3) is 3.96. The van der Waals surface area contributed by atoms with Crippen molar-refractivity contribution >= 4 is 11.7 Å². The van der Waals surface area contributed by atoms with Gasteiger partial charge in [-0.3, -0.25) is 4.79 Å². The van der Waals surface area contributed by atoms with Crippen molar-refractivity contribution in [1.29, 1.82) is 0 Å². The van der Waals surface area contributed by atoms with Crippen molar-refractivity contribution in [3.05, 3.63) is 18.1 Å². The van der Waals surface area contributed by atoms with Crippen molar-refractivity contribution in [2.24, 2.45) is 0 Å². The summed E-state index contributed by atoms with van der Waals surface area (Å²) >= 11 is 0. The van der Waals surface area contributed by atoms with Gasteiger partial charge in [0.2, 0.25) is 0 Å². The van der Waals surface area contributed by atoms with E-state index in [0.717, 1.165) is 31.7 Å². The number of aromatic nitrogens is 2. The molecule has 1 aliphatic heterocycles. The fourth-order valence-corrected chi connectivity index (χ4v) is 3.40. The SMILES string of the molecule is O=C(c1cnc(NC2CCCCC2)cn1)N1CCCCCC1. The first kappa shape index (κ1) is 15.3. The van der Waals surface area contributed by atoms with E-state index < -0.39 is 0 Å². The second-order valence-corrected chi connectivity index (χ2v) is 6.47. The Balaban J connectivity index is 1.59. The molecule has 5 heteroatoms. The van der Waals surface area contributed by atoms with Crippen molar-refractivity contribution in [1.82, 2.24) is 14.9 Å². The van der Waals surface area contributed by atoms with Crippen LogP contribution in [0.3, 0.4) is 0 Å². The van der Waals surface area contributed by atoms with Crippen LogP contribution in [0, 0.1) is 0 Å². The lowest BCUT2D eigenvalue weighted by Gasteiger charge is -2.23. The minimum absolute atomic E-state index is 0.0265. The Hall–Kier alpha value is -1.65. The number of likely N-dealkylation sites (tertiary alicyclic amines) is 1. The average Bonchev–Trinajstić information content (AvgIpc) is 2.85. The van der Waals surface area contributed by atoms with E-state index in [4.69, 9.17) is 0 Å². The maximum atomic E-state index is 12.5. The number of nitrogens with one attached hydrogen (secondary N) is 1. The zero-order valence-corrected chi connectivity index (χ0v) is 13.3. The Morgan fingerprint density at radius 3 is 2.27 bits per heavy atom. The van der Waals surface area contributed by atoms with Crippen LogP contribution < -0.4 is 5.32 Å². The van der Waals surface area contributed by atoms with Crippen LogP contribution in [0.5, 0.6) is 0 Å². The van der Waals surface area contributed by atoms with Gasteiger partial charge in [-0.25, -0.2) is 9.97 Å². The van der Waals surface area contributed by atoms with Gasteiger partial charge in [0, 0.05) is 19.1 Å². The van der Waals surface area contributed by atoms with Crippen molar-refractivity contribution in [3.8, 4) is 0 Å². The summed E-state index contributed by atoms with van der Waals surface area (Å²) in [4.78, 5) is 23.1. The number of nitrogens with zero attached hydrogens (tertiary/aromatic N) is 3. The molecule has 2 heterocycles. The quantitative estimate of drug-likeness (QED) is 0.931. The van der Waals surface area contributed by atoms with Crippen LogP contribution in [-0.2, 0) is 0 Å². The van der Waals surface area contributed by atoms with Crippen LogP contribution in [0.4, 0.5) is 5.82 Å². The highest BCUT2D eigenvalue weighted by atomic mass is 16.2. The fourth-order valence-electron chi connectivity index (χ4n) is 3.40. The van der Waals surface area contributed by atoms with E-state index in [9.17, 15) is 4.79 Å². The Bertz CT molecular complexity index is 474. The van der Waals surface area contributed by atoms with Gasteiger partial charge in [0.15, 0.2) is 0 Å². The molecule has 0 atom stereocenters. The Labute approximate surface area is 132 Å². The Morgan fingerprint density at radius 1 is 0.955 bits per heavy atom. The van der Waals surface area contributed by atoms with E-state index in [1.807, 2.05) is 4.90 Å². The molecule has 1 saturated heterocycles. The summed E-state index contributed by atoms with van der Waals surface area (Å²) in [6.07, 6.45) is 14.3. The van der Waals surface area contributed by atoms with Crippen LogP contribution in [0.15, 0.2) is 12.4 Å². The Kier molecular flexibility index (Phi) is 5.24. The molecular formula is C17H26N4O. The molecule has 1 saturated carbocycles. The van der Waals surface area contributed by atoms with Crippen molar-refractivity contribution in [2.45, 2.75) is 63.8 Å². The smallest absolute Gasteiger partial charge is 0.274 e. The van der Waals surface area contributed by atoms with Gasteiger partial charge >= 0.3 is 0 Å². The molecule has 22 heavy (non-hydrogen) atoms.